The van der Waals surface area contributed by atoms with Gasteiger partial charge in [-0.2, -0.15) is 4.68 Å². The molecule has 0 saturated heterocycles. The lowest BCUT2D eigenvalue weighted by atomic mass is 9.88. The molecule has 2 aliphatic carbocycles. The fourth-order valence-electron chi connectivity index (χ4n) is 4.54. The number of hydrogen-bond donors (Lipinski definition) is 0. The molecule has 4 rings (SSSR count). The Hall–Kier alpha value is -2.31. The Balaban J connectivity index is 1.53. The Morgan fingerprint density at radius 1 is 1.07 bits per heavy atom. The predicted molar refractivity (Wildman–Crippen MR) is 99.1 cm³/mol. The van der Waals surface area contributed by atoms with Crippen molar-refractivity contribution in [1.29, 1.82) is 0 Å². The van der Waals surface area contributed by atoms with Gasteiger partial charge >= 0.3 is 5.76 Å². The highest BCUT2D eigenvalue weighted by Crippen LogP contribution is 2.30. The van der Waals surface area contributed by atoms with Crippen LogP contribution in [0.4, 0.5) is 0 Å². The Labute approximate surface area is 158 Å². The summed E-state index contributed by atoms with van der Waals surface area (Å²) in [4.78, 5) is 27.5. The molecule has 2 saturated carbocycles. The molecule has 0 unspecified atom stereocenters. The van der Waals surface area contributed by atoms with E-state index in [0.717, 1.165) is 30.4 Å². The Morgan fingerprint density at radius 3 is 2.26 bits per heavy atom. The molecular formula is C20H27N3O4. The third kappa shape index (κ3) is 4.01. The average Bonchev–Trinajstić information content (AvgIpc) is 3.34. The van der Waals surface area contributed by atoms with E-state index >= 15 is 0 Å². The molecule has 7 heteroatoms. The van der Waals surface area contributed by atoms with Gasteiger partial charge in [0.25, 0.3) is 5.89 Å². The summed E-state index contributed by atoms with van der Waals surface area (Å²) in [5.74, 6) is -0.147. The smallest absolute Gasteiger partial charge is 0.437 e. The predicted octanol–water partition coefficient (Wildman–Crippen LogP) is 3.59. The van der Waals surface area contributed by atoms with Crippen LogP contribution in [0.25, 0.3) is 11.7 Å². The van der Waals surface area contributed by atoms with Gasteiger partial charge in [-0.05, 0) is 37.8 Å². The van der Waals surface area contributed by atoms with Gasteiger partial charge in [-0.3, -0.25) is 4.79 Å². The van der Waals surface area contributed by atoms with Crippen molar-refractivity contribution in [2.75, 3.05) is 0 Å². The van der Waals surface area contributed by atoms with E-state index in [-0.39, 0.29) is 18.3 Å². The Kier molecular flexibility index (Phi) is 5.45. The lowest BCUT2D eigenvalue weighted by Gasteiger charge is -2.41. The molecule has 1 amide bonds. The van der Waals surface area contributed by atoms with Gasteiger partial charge in [0.15, 0.2) is 5.76 Å². The van der Waals surface area contributed by atoms with E-state index in [1.807, 2.05) is 0 Å². The van der Waals surface area contributed by atoms with E-state index in [9.17, 15) is 9.59 Å². The van der Waals surface area contributed by atoms with E-state index in [1.165, 1.54) is 44.8 Å². The van der Waals surface area contributed by atoms with Crippen molar-refractivity contribution in [3.63, 3.8) is 0 Å². The molecule has 7 nitrogen and oxygen atoms in total. The van der Waals surface area contributed by atoms with E-state index in [4.69, 9.17) is 8.83 Å². The maximum atomic E-state index is 13.2. The summed E-state index contributed by atoms with van der Waals surface area (Å²) in [6.45, 7) is -0.0734. The van der Waals surface area contributed by atoms with Crippen LogP contribution >= 0.6 is 0 Å². The molecule has 0 N–H and O–H groups in total. The maximum absolute atomic E-state index is 13.2. The van der Waals surface area contributed by atoms with Crippen LogP contribution in [0.1, 0.15) is 64.2 Å². The normalized spacial score (nSPS) is 19.3. The van der Waals surface area contributed by atoms with Crippen LogP contribution in [0.5, 0.6) is 0 Å². The number of carbonyl (C=O) groups excluding carboxylic acids is 1. The topological polar surface area (TPSA) is 81.5 Å². The molecule has 0 aromatic carbocycles. The SMILES string of the molecule is O=C(Cn1nc(-c2ccco2)oc1=O)N(C1CCCCC1)C1CCCCC1. The molecule has 2 aromatic heterocycles. The van der Waals surface area contributed by atoms with Gasteiger partial charge < -0.3 is 13.7 Å². The summed E-state index contributed by atoms with van der Waals surface area (Å²) in [5, 5.41) is 4.16. The van der Waals surface area contributed by atoms with Crippen molar-refractivity contribution in [3.8, 4) is 11.7 Å². The summed E-state index contributed by atoms with van der Waals surface area (Å²) >= 11 is 0. The van der Waals surface area contributed by atoms with Crippen molar-refractivity contribution < 1.29 is 13.6 Å². The first kappa shape index (κ1) is 18.1. The van der Waals surface area contributed by atoms with Crippen LogP contribution in [0, 0.1) is 0 Å². The van der Waals surface area contributed by atoms with Crippen molar-refractivity contribution in [2.45, 2.75) is 82.8 Å². The molecule has 2 aliphatic rings. The second kappa shape index (κ2) is 8.15. The molecule has 2 aromatic rings. The highest BCUT2D eigenvalue weighted by molar-refractivity contribution is 5.76. The standard InChI is InChI=1S/C20H27N3O4/c24-18(14-22-20(25)27-19(21-22)17-12-7-13-26-17)23(15-8-3-1-4-9-15)16-10-5-2-6-11-16/h7,12-13,15-16H,1-6,8-11,14H2. The highest BCUT2D eigenvalue weighted by Gasteiger charge is 2.33. The zero-order valence-corrected chi connectivity index (χ0v) is 15.6. The number of hydrogen-bond acceptors (Lipinski definition) is 5. The lowest BCUT2D eigenvalue weighted by Crippen LogP contribution is -2.50. The van der Waals surface area contributed by atoms with Crippen LogP contribution in [0.3, 0.4) is 0 Å². The minimum atomic E-state index is -0.623. The fourth-order valence-corrected chi connectivity index (χ4v) is 4.54. The van der Waals surface area contributed by atoms with Gasteiger partial charge in [0.05, 0.1) is 6.26 Å². The van der Waals surface area contributed by atoms with Crippen molar-refractivity contribution >= 4 is 5.91 Å². The molecule has 0 spiro atoms. The van der Waals surface area contributed by atoms with Crippen LogP contribution in [0.2, 0.25) is 0 Å². The molecule has 2 heterocycles. The number of aromatic nitrogens is 2. The first-order valence-electron chi connectivity index (χ1n) is 10.2. The van der Waals surface area contributed by atoms with Crippen molar-refractivity contribution in [3.05, 3.63) is 28.9 Å². The molecule has 0 bridgehead atoms. The monoisotopic (exact) mass is 373 g/mol. The van der Waals surface area contributed by atoms with E-state index in [0.29, 0.717) is 17.8 Å². The molecule has 0 atom stereocenters. The third-order valence-corrected chi connectivity index (χ3v) is 5.85. The van der Waals surface area contributed by atoms with Crippen molar-refractivity contribution in [2.24, 2.45) is 0 Å². The summed E-state index contributed by atoms with van der Waals surface area (Å²) in [7, 11) is 0. The number of carbonyl (C=O) groups is 1. The second-order valence-electron chi connectivity index (χ2n) is 7.69. The van der Waals surface area contributed by atoms with Gasteiger partial charge in [-0.1, -0.05) is 38.5 Å². The molecular weight excluding hydrogens is 346 g/mol. The number of furan rings is 1. The van der Waals surface area contributed by atoms with E-state index < -0.39 is 5.76 Å². The zero-order valence-electron chi connectivity index (χ0n) is 15.6. The molecule has 0 radical (unpaired) electrons. The van der Waals surface area contributed by atoms with Gasteiger partial charge in [0.1, 0.15) is 6.54 Å². The lowest BCUT2D eigenvalue weighted by molar-refractivity contribution is -0.139. The minimum absolute atomic E-state index is 0.0183. The number of amides is 1. The van der Waals surface area contributed by atoms with Gasteiger partial charge in [-0.25, -0.2) is 4.79 Å². The number of rotatable bonds is 5. The van der Waals surface area contributed by atoms with Crippen LogP contribution in [0.15, 0.2) is 32.0 Å². The summed E-state index contributed by atoms with van der Waals surface area (Å²) in [6, 6.07) is 3.96. The molecule has 146 valence electrons. The zero-order chi connectivity index (χ0) is 18.6. The Morgan fingerprint density at radius 2 is 1.70 bits per heavy atom. The number of nitrogens with zero attached hydrogens (tertiary/aromatic N) is 3. The van der Waals surface area contributed by atoms with Gasteiger partial charge in [0.2, 0.25) is 5.91 Å². The maximum Gasteiger partial charge on any atom is 0.437 e. The van der Waals surface area contributed by atoms with Gasteiger partial charge in [-0.15, -0.1) is 5.10 Å². The minimum Gasteiger partial charge on any atom is -0.459 e. The average molecular weight is 373 g/mol. The van der Waals surface area contributed by atoms with Crippen LogP contribution in [-0.2, 0) is 11.3 Å². The quantitative estimate of drug-likeness (QED) is 0.800. The molecule has 27 heavy (non-hydrogen) atoms. The first-order chi connectivity index (χ1) is 13.2. The van der Waals surface area contributed by atoms with E-state index in [2.05, 4.69) is 10.00 Å². The molecule has 0 aliphatic heterocycles. The van der Waals surface area contributed by atoms with Gasteiger partial charge in [0, 0.05) is 12.1 Å². The summed E-state index contributed by atoms with van der Waals surface area (Å²) in [6.07, 6.45) is 12.9. The largest absolute Gasteiger partial charge is 0.459 e. The summed E-state index contributed by atoms with van der Waals surface area (Å²) < 4.78 is 11.5. The Bertz CT molecular complexity index is 778. The van der Waals surface area contributed by atoms with E-state index in [1.54, 1.807) is 12.1 Å². The van der Waals surface area contributed by atoms with Crippen LogP contribution < -0.4 is 5.76 Å². The van der Waals surface area contributed by atoms with Crippen molar-refractivity contribution in [1.82, 2.24) is 14.7 Å². The third-order valence-electron chi connectivity index (χ3n) is 5.85. The first-order valence-corrected chi connectivity index (χ1v) is 10.2. The fraction of sp³-hybridized carbons (Fsp3) is 0.650. The van der Waals surface area contributed by atoms with Crippen LogP contribution in [-0.4, -0.2) is 32.7 Å². The summed E-state index contributed by atoms with van der Waals surface area (Å²) in [5.41, 5.74) is 0. The molecule has 2 fully saturated rings. The highest BCUT2D eigenvalue weighted by atomic mass is 16.4. The second-order valence-corrected chi connectivity index (χ2v) is 7.69.